The minimum absolute atomic E-state index is 0.524. The minimum atomic E-state index is 0.524. The first-order valence-corrected chi connectivity index (χ1v) is 7.99. The highest BCUT2D eigenvalue weighted by atomic mass is 35.5. The van der Waals surface area contributed by atoms with Gasteiger partial charge in [0.1, 0.15) is 0 Å². The summed E-state index contributed by atoms with van der Waals surface area (Å²) in [5.41, 5.74) is 2.06. The Morgan fingerprint density at radius 3 is 2.55 bits per heavy atom. The van der Waals surface area contributed by atoms with Gasteiger partial charge in [-0.1, -0.05) is 11.6 Å². The number of nitrogens with zero attached hydrogens (tertiary/aromatic N) is 3. The predicted octanol–water partition coefficient (Wildman–Crippen LogP) is 2.59. The van der Waals surface area contributed by atoms with E-state index in [0.29, 0.717) is 6.04 Å². The lowest BCUT2D eigenvalue weighted by Crippen LogP contribution is -2.39. The molecule has 2 rings (SSSR count). The van der Waals surface area contributed by atoms with E-state index >= 15 is 0 Å². The molecule has 20 heavy (non-hydrogen) atoms. The number of hydrogen-bond acceptors (Lipinski definition) is 3. The molecule has 0 unspecified atom stereocenters. The van der Waals surface area contributed by atoms with Gasteiger partial charge in [0.25, 0.3) is 0 Å². The third-order valence-corrected chi connectivity index (χ3v) is 4.79. The predicted molar refractivity (Wildman–Crippen MR) is 84.1 cm³/mol. The topological polar surface area (TPSA) is 33.1 Å². The summed E-state index contributed by atoms with van der Waals surface area (Å²) in [5, 5.41) is 8.68. The summed E-state index contributed by atoms with van der Waals surface area (Å²) >= 11 is 6.39. The van der Waals surface area contributed by atoms with Crippen LogP contribution in [-0.2, 0) is 13.6 Å². The maximum atomic E-state index is 6.39. The monoisotopic (exact) mass is 298 g/mol. The van der Waals surface area contributed by atoms with Gasteiger partial charge in [-0.15, -0.1) is 0 Å². The van der Waals surface area contributed by atoms with Gasteiger partial charge in [0.15, 0.2) is 0 Å². The molecular weight excluding hydrogens is 272 g/mol. The van der Waals surface area contributed by atoms with E-state index in [1.807, 2.05) is 18.7 Å². The Bertz CT molecular complexity index is 435. The summed E-state index contributed by atoms with van der Waals surface area (Å²) in [6.45, 7) is 10.8. The molecule has 1 fully saturated rings. The molecule has 0 radical (unpaired) electrons. The number of rotatable bonds is 5. The molecule has 1 aliphatic rings. The van der Waals surface area contributed by atoms with E-state index in [1.165, 1.54) is 12.8 Å². The quantitative estimate of drug-likeness (QED) is 0.907. The van der Waals surface area contributed by atoms with Crippen LogP contribution >= 0.6 is 11.6 Å². The van der Waals surface area contributed by atoms with Crippen LogP contribution in [0.3, 0.4) is 0 Å². The summed E-state index contributed by atoms with van der Waals surface area (Å²) in [6.07, 6.45) is 2.56. The lowest BCUT2D eigenvalue weighted by molar-refractivity contribution is 0.158. The average Bonchev–Trinajstić information content (AvgIpc) is 2.65. The van der Waals surface area contributed by atoms with Gasteiger partial charge in [0.05, 0.1) is 16.4 Å². The Morgan fingerprint density at radius 2 is 2.05 bits per heavy atom. The lowest BCUT2D eigenvalue weighted by Gasteiger charge is -2.32. The number of hydrogen-bond donors (Lipinski definition) is 1. The van der Waals surface area contributed by atoms with Crippen LogP contribution in [0, 0.1) is 12.8 Å². The van der Waals surface area contributed by atoms with Crippen molar-refractivity contribution in [2.24, 2.45) is 13.0 Å². The Kier molecular flexibility index (Phi) is 5.47. The molecule has 1 aliphatic heterocycles. The summed E-state index contributed by atoms with van der Waals surface area (Å²) in [4.78, 5) is 2.53. The molecule has 0 bridgehead atoms. The maximum Gasteiger partial charge on any atom is 0.0860 e. The van der Waals surface area contributed by atoms with Gasteiger partial charge in [0, 0.05) is 26.2 Å². The molecule has 1 aromatic rings. The van der Waals surface area contributed by atoms with E-state index in [1.54, 1.807) is 0 Å². The minimum Gasteiger partial charge on any atom is -0.317 e. The van der Waals surface area contributed by atoms with Crippen molar-refractivity contribution in [1.82, 2.24) is 20.0 Å². The third-order valence-electron chi connectivity index (χ3n) is 4.30. The second-order valence-corrected chi connectivity index (χ2v) is 6.56. The van der Waals surface area contributed by atoms with Crippen LogP contribution in [0.2, 0.25) is 5.02 Å². The molecule has 0 atom stereocenters. The molecular formula is C15H27ClN4. The van der Waals surface area contributed by atoms with E-state index < -0.39 is 0 Å². The fourth-order valence-corrected chi connectivity index (χ4v) is 3.12. The van der Waals surface area contributed by atoms with Crippen LogP contribution in [0.4, 0.5) is 0 Å². The summed E-state index contributed by atoms with van der Waals surface area (Å²) < 4.78 is 1.93. The number of nitrogens with one attached hydrogen (secondary N) is 1. The Morgan fingerprint density at radius 1 is 1.40 bits per heavy atom. The largest absolute Gasteiger partial charge is 0.317 e. The van der Waals surface area contributed by atoms with Gasteiger partial charge >= 0.3 is 0 Å². The third kappa shape index (κ3) is 3.74. The first-order valence-electron chi connectivity index (χ1n) is 7.61. The van der Waals surface area contributed by atoms with Gasteiger partial charge in [-0.3, -0.25) is 9.58 Å². The molecule has 114 valence electrons. The molecule has 0 amide bonds. The van der Waals surface area contributed by atoms with Crippen LogP contribution in [-0.4, -0.2) is 40.4 Å². The van der Waals surface area contributed by atoms with E-state index in [9.17, 15) is 0 Å². The second-order valence-electron chi connectivity index (χ2n) is 6.19. The van der Waals surface area contributed by atoms with Crippen molar-refractivity contribution in [3.05, 3.63) is 16.4 Å². The SMILES string of the molecule is Cc1nn(C)c(CN(CC2CCNCC2)C(C)C)c1Cl. The van der Waals surface area contributed by atoms with Gasteiger partial charge in [-0.2, -0.15) is 5.10 Å². The zero-order chi connectivity index (χ0) is 14.7. The number of aryl methyl sites for hydroxylation is 2. The van der Waals surface area contributed by atoms with Crippen LogP contribution in [0.5, 0.6) is 0 Å². The number of halogens is 1. The second kappa shape index (κ2) is 6.92. The normalized spacial score (nSPS) is 17.4. The van der Waals surface area contributed by atoms with Crippen molar-refractivity contribution in [3.8, 4) is 0 Å². The van der Waals surface area contributed by atoms with Crippen molar-refractivity contribution in [2.45, 2.75) is 46.2 Å². The highest BCUT2D eigenvalue weighted by Crippen LogP contribution is 2.23. The molecule has 5 heteroatoms. The number of piperidine rings is 1. The highest BCUT2D eigenvalue weighted by molar-refractivity contribution is 6.31. The molecule has 2 heterocycles. The standard InChI is InChI=1S/C15H27ClN4/c1-11(2)20(9-13-5-7-17-8-6-13)10-14-15(16)12(3)18-19(14)4/h11,13,17H,5-10H2,1-4H3. The van der Waals surface area contributed by atoms with Crippen LogP contribution < -0.4 is 5.32 Å². The van der Waals surface area contributed by atoms with Gasteiger partial charge in [-0.05, 0) is 52.6 Å². The summed E-state index contributed by atoms with van der Waals surface area (Å²) in [6, 6.07) is 0.524. The zero-order valence-electron chi connectivity index (χ0n) is 13.1. The lowest BCUT2D eigenvalue weighted by atomic mass is 9.97. The van der Waals surface area contributed by atoms with Gasteiger partial charge in [-0.25, -0.2) is 0 Å². The Balaban J connectivity index is 2.05. The van der Waals surface area contributed by atoms with Crippen molar-refractivity contribution >= 4 is 11.6 Å². The first kappa shape index (κ1) is 15.8. The average molecular weight is 299 g/mol. The molecule has 0 saturated carbocycles. The van der Waals surface area contributed by atoms with Crippen molar-refractivity contribution in [2.75, 3.05) is 19.6 Å². The molecule has 0 aromatic carbocycles. The Labute approximate surface area is 127 Å². The summed E-state index contributed by atoms with van der Waals surface area (Å²) in [5.74, 6) is 0.798. The van der Waals surface area contributed by atoms with Crippen LogP contribution in [0.15, 0.2) is 0 Å². The molecule has 4 nitrogen and oxygen atoms in total. The molecule has 1 saturated heterocycles. The fourth-order valence-electron chi connectivity index (χ4n) is 2.90. The number of aromatic nitrogens is 2. The van der Waals surface area contributed by atoms with E-state index in [2.05, 4.69) is 29.2 Å². The molecule has 0 aliphatic carbocycles. The van der Waals surface area contributed by atoms with Crippen molar-refractivity contribution < 1.29 is 0 Å². The first-order chi connectivity index (χ1) is 9.49. The highest BCUT2D eigenvalue weighted by Gasteiger charge is 2.21. The van der Waals surface area contributed by atoms with E-state index in [4.69, 9.17) is 11.6 Å². The Hall–Kier alpha value is -0.580. The molecule has 1 N–H and O–H groups in total. The smallest absolute Gasteiger partial charge is 0.0860 e. The van der Waals surface area contributed by atoms with Crippen LogP contribution in [0.1, 0.15) is 38.1 Å². The fraction of sp³-hybridized carbons (Fsp3) is 0.800. The van der Waals surface area contributed by atoms with Crippen molar-refractivity contribution in [1.29, 1.82) is 0 Å². The van der Waals surface area contributed by atoms with E-state index in [-0.39, 0.29) is 0 Å². The van der Waals surface area contributed by atoms with E-state index in [0.717, 1.165) is 48.5 Å². The zero-order valence-corrected chi connectivity index (χ0v) is 13.9. The van der Waals surface area contributed by atoms with Gasteiger partial charge in [0.2, 0.25) is 0 Å². The molecule has 0 spiro atoms. The maximum absolute atomic E-state index is 6.39. The van der Waals surface area contributed by atoms with Crippen LogP contribution in [0.25, 0.3) is 0 Å². The van der Waals surface area contributed by atoms with Crippen molar-refractivity contribution in [3.63, 3.8) is 0 Å². The molecule has 1 aromatic heterocycles. The van der Waals surface area contributed by atoms with Gasteiger partial charge < -0.3 is 5.32 Å². The summed E-state index contributed by atoms with van der Waals surface area (Å²) in [7, 11) is 1.98.